The maximum Gasteiger partial charge on any atom is 0.237 e. The molecule has 6 rings (SSSR count). The number of pyridine rings is 1. The highest BCUT2D eigenvalue weighted by Crippen LogP contribution is 2.32. The van der Waals surface area contributed by atoms with Gasteiger partial charge in [0.05, 0.1) is 46.6 Å². The third kappa shape index (κ3) is 4.80. The van der Waals surface area contributed by atoms with Gasteiger partial charge in [-0.3, -0.25) is 4.99 Å². The molecule has 1 fully saturated rings. The minimum atomic E-state index is -0.338. The van der Waals surface area contributed by atoms with E-state index in [0.29, 0.717) is 40.8 Å². The number of anilines is 2. The fourth-order valence-corrected chi connectivity index (χ4v) is 4.87. The number of hydrogen-bond donors (Lipinski definition) is 1. The van der Waals surface area contributed by atoms with Crippen LogP contribution >= 0.6 is 11.6 Å². The highest BCUT2D eigenvalue weighted by Gasteiger charge is 2.19. The average Bonchev–Trinajstić information content (AvgIpc) is 2.94. The summed E-state index contributed by atoms with van der Waals surface area (Å²) in [6.07, 6.45) is 3.36. The number of fused-ring (bicyclic) bond motifs is 2. The maximum atomic E-state index is 14.4. The summed E-state index contributed by atoms with van der Waals surface area (Å²) in [5.41, 5.74) is 5.14. The van der Waals surface area contributed by atoms with E-state index < -0.39 is 0 Å². The molecule has 0 atom stereocenters. The van der Waals surface area contributed by atoms with Gasteiger partial charge in [-0.2, -0.15) is 0 Å². The molecule has 0 bridgehead atoms. The van der Waals surface area contributed by atoms with Crippen LogP contribution in [0.5, 0.6) is 5.88 Å². The Bertz CT molecular complexity index is 1650. The van der Waals surface area contributed by atoms with Crippen molar-refractivity contribution in [2.45, 2.75) is 18.9 Å². The smallest absolute Gasteiger partial charge is 0.237 e. The van der Waals surface area contributed by atoms with Crippen molar-refractivity contribution >= 4 is 34.0 Å². The molecule has 38 heavy (non-hydrogen) atoms. The Balaban J connectivity index is 1.63. The fraction of sp³-hybridized carbons (Fsp3) is 0.207. The number of aromatic nitrogens is 3. The van der Waals surface area contributed by atoms with Crippen molar-refractivity contribution < 1.29 is 13.9 Å². The van der Waals surface area contributed by atoms with Crippen LogP contribution in [-0.2, 0) is 4.74 Å². The Morgan fingerprint density at radius 2 is 1.87 bits per heavy atom. The van der Waals surface area contributed by atoms with Crippen molar-refractivity contribution in [3.8, 4) is 23.0 Å². The number of ether oxygens (including phenoxy) is 2. The first-order valence-electron chi connectivity index (χ1n) is 12.4. The van der Waals surface area contributed by atoms with Crippen LogP contribution in [0, 0.1) is 5.82 Å². The summed E-state index contributed by atoms with van der Waals surface area (Å²) >= 11 is 6.19. The second-order valence-corrected chi connectivity index (χ2v) is 9.51. The lowest BCUT2D eigenvalue weighted by Gasteiger charge is -2.22. The van der Waals surface area contributed by atoms with Crippen molar-refractivity contribution in [1.82, 2.24) is 14.5 Å². The maximum absolute atomic E-state index is 14.4. The van der Waals surface area contributed by atoms with Gasteiger partial charge in [-0.15, -0.1) is 0 Å². The van der Waals surface area contributed by atoms with Crippen LogP contribution in [-0.4, -0.2) is 40.9 Å². The van der Waals surface area contributed by atoms with E-state index >= 15 is 0 Å². The van der Waals surface area contributed by atoms with Gasteiger partial charge in [-0.05, 0) is 73.5 Å². The zero-order chi connectivity index (χ0) is 26.1. The van der Waals surface area contributed by atoms with Crippen molar-refractivity contribution in [2.75, 3.05) is 25.6 Å². The van der Waals surface area contributed by atoms with Crippen LogP contribution in [0.2, 0.25) is 5.02 Å². The third-order valence-electron chi connectivity index (χ3n) is 6.58. The number of rotatable bonds is 5. The fourth-order valence-electron chi connectivity index (χ4n) is 4.74. The molecule has 192 valence electrons. The van der Waals surface area contributed by atoms with Gasteiger partial charge < -0.3 is 19.4 Å². The highest BCUT2D eigenvalue weighted by atomic mass is 35.5. The summed E-state index contributed by atoms with van der Waals surface area (Å²) in [5.74, 6) is 0.137. The molecule has 2 aromatic carbocycles. The number of halogens is 2. The summed E-state index contributed by atoms with van der Waals surface area (Å²) in [6, 6.07) is 19.9. The van der Waals surface area contributed by atoms with E-state index in [1.165, 1.54) is 12.1 Å². The van der Waals surface area contributed by atoms with Crippen LogP contribution in [0.3, 0.4) is 0 Å². The van der Waals surface area contributed by atoms with Crippen molar-refractivity contribution in [3.05, 3.63) is 89.1 Å². The van der Waals surface area contributed by atoms with E-state index in [1.54, 1.807) is 19.4 Å². The second-order valence-electron chi connectivity index (χ2n) is 9.07. The van der Waals surface area contributed by atoms with Crippen molar-refractivity contribution in [3.63, 3.8) is 0 Å². The normalized spacial score (nSPS) is 14.8. The summed E-state index contributed by atoms with van der Waals surface area (Å²) < 4.78 is 27.4. The molecule has 1 saturated heterocycles. The minimum Gasteiger partial charge on any atom is -0.480 e. The molecule has 1 N–H and O–H groups in total. The lowest BCUT2D eigenvalue weighted by atomic mass is 10.1. The highest BCUT2D eigenvalue weighted by molar-refractivity contribution is 6.30. The molecule has 1 aliphatic carbocycles. The van der Waals surface area contributed by atoms with Crippen LogP contribution in [0.15, 0.2) is 77.9 Å². The van der Waals surface area contributed by atoms with Crippen LogP contribution in [0.25, 0.3) is 28.1 Å². The van der Waals surface area contributed by atoms with E-state index in [0.717, 1.165) is 41.0 Å². The molecule has 1 aromatic heterocycles. The molecule has 0 spiro atoms. The molecule has 7 nitrogen and oxygen atoms in total. The van der Waals surface area contributed by atoms with Gasteiger partial charge in [0.15, 0.2) is 0 Å². The second kappa shape index (κ2) is 10.4. The minimum absolute atomic E-state index is 0.118. The predicted octanol–water partition coefficient (Wildman–Crippen LogP) is 6.15. The standard InChI is InChI=1S/C29H25ClFN5O2/c1-37-29-23(3-2-12-32-29)35-24-16-26-28(17-25(24)33-20-10-13-38-14-11-20)36(21-7-4-18(30)5-8-21)27-15-19(31)6-9-22(27)34-26/h2-9,12,15-17,20,35H,10-11,13-14H2,1H3/b33-25+. The SMILES string of the molecule is COc1ncccc1Nc1cc2nc3ccc(F)cc3n(-c3ccc(Cl)cc3)c-2c/c1=N\C1CCOCC1. The van der Waals surface area contributed by atoms with E-state index in [2.05, 4.69) is 10.3 Å². The molecular weight excluding hydrogens is 505 g/mol. The summed E-state index contributed by atoms with van der Waals surface area (Å²) in [4.78, 5) is 14.3. The quantitative estimate of drug-likeness (QED) is 0.276. The predicted molar refractivity (Wildman–Crippen MR) is 146 cm³/mol. The molecule has 0 radical (unpaired) electrons. The number of nitrogens with zero attached hydrogens (tertiary/aromatic N) is 4. The first kappa shape index (κ1) is 24.3. The van der Waals surface area contributed by atoms with Gasteiger partial charge in [0.25, 0.3) is 0 Å². The monoisotopic (exact) mass is 529 g/mol. The van der Waals surface area contributed by atoms with E-state index in [4.69, 9.17) is 31.1 Å². The van der Waals surface area contributed by atoms with Gasteiger partial charge >= 0.3 is 0 Å². The zero-order valence-corrected chi connectivity index (χ0v) is 21.5. The van der Waals surface area contributed by atoms with Gasteiger partial charge in [0.1, 0.15) is 11.5 Å². The zero-order valence-electron chi connectivity index (χ0n) is 20.7. The lowest BCUT2D eigenvalue weighted by molar-refractivity contribution is 0.0864. The van der Waals surface area contributed by atoms with Crippen LogP contribution in [0.1, 0.15) is 12.8 Å². The Kier molecular flexibility index (Phi) is 6.66. The summed E-state index contributed by atoms with van der Waals surface area (Å²) in [5, 5.41) is 4.84. The number of hydrogen-bond acceptors (Lipinski definition) is 6. The summed E-state index contributed by atoms with van der Waals surface area (Å²) in [7, 11) is 1.59. The van der Waals surface area contributed by atoms with Gasteiger partial charge in [0.2, 0.25) is 5.88 Å². The summed E-state index contributed by atoms with van der Waals surface area (Å²) in [6.45, 7) is 1.36. The van der Waals surface area contributed by atoms with Gasteiger partial charge in [-0.25, -0.2) is 14.4 Å². The third-order valence-corrected chi connectivity index (χ3v) is 6.84. The Labute approximate surface area is 223 Å². The molecule has 2 aliphatic heterocycles. The molecule has 3 aromatic rings. The van der Waals surface area contributed by atoms with E-state index in [-0.39, 0.29) is 11.9 Å². The first-order valence-corrected chi connectivity index (χ1v) is 12.8. The van der Waals surface area contributed by atoms with Crippen LogP contribution < -0.4 is 15.4 Å². The van der Waals surface area contributed by atoms with Crippen molar-refractivity contribution in [1.29, 1.82) is 0 Å². The number of benzene rings is 3. The van der Waals surface area contributed by atoms with E-state index in [9.17, 15) is 4.39 Å². The van der Waals surface area contributed by atoms with Crippen LogP contribution in [0.4, 0.5) is 15.8 Å². The van der Waals surface area contributed by atoms with Crippen molar-refractivity contribution in [2.24, 2.45) is 4.99 Å². The number of nitrogens with one attached hydrogen (secondary N) is 1. The molecular formula is C29H25ClFN5O2. The molecule has 3 aliphatic rings. The average molecular weight is 530 g/mol. The first-order chi connectivity index (χ1) is 18.6. The largest absolute Gasteiger partial charge is 0.480 e. The molecule has 0 saturated carbocycles. The number of methoxy groups -OCH3 is 1. The van der Waals surface area contributed by atoms with Gasteiger partial charge in [0, 0.05) is 36.2 Å². The van der Waals surface area contributed by atoms with E-state index in [1.807, 2.05) is 53.1 Å². The Morgan fingerprint density at radius 1 is 1.05 bits per heavy atom. The molecule has 9 heteroatoms. The van der Waals surface area contributed by atoms with Gasteiger partial charge in [-0.1, -0.05) is 11.6 Å². The Hall–Kier alpha value is -4.01. The molecule has 3 heterocycles. The Morgan fingerprint density at radius 3 is 2.66 bits per heavy atom. The lowest BCUT2D eigenvalue weighted by Crippen LogP contribution is -2.23. The topological polar surface area (TPSA) is 73.6 Å². The molecule has 0 unspecified atom stereocenters. The molecule has 0 amide bonds.